The van der Waals surface area contributed by atoms with E-state index in [0.29, 0.717) is 5.52 Å². The Balaban J connectivity index is 1.59. The first-order chi connectivity index (χ1) is 13.4. The van der Waals surface area contributed by atoms with Crippen LogP contribution >= 0.6 is 11.3 Å². The smallest absolute Gasteiger partial charge is 0.314 e. The highest BCUT2D eigenvalue weighted by molar-refractivity contribution is 7.89. The summed E-state index contributed by atoms with van der Waals surface area (Å²) in [6, 6.07) is 8.23. The molecule has 3 aromatic rings. The SMILES string of the molecule is O=c1[nH]c2ccc(S(=O)(=O)NCC(c3cccs3)N3CCCC3)cc2[nH]c1=O. The van der Waals surface area contributed by atoms with Crippen LogP contribution in [0.3, 0.4) is 0 Å². The van der Waals surface area contributed by atoms with Gasteiger partial charge in [0, 0.05) is 11.4 Å². The van der Waals surface area contributed by atoms with Crippen LogP contribution in [0, 0.1) is 0 Å². The first kappa shape index (κ1) is 19.1. The number of sulfonamides is 1. The summed E-state index contributed by atoms with van der Waals surface area (Å²) in [6.07, 6.45) is 2.23. The monoisotopic (exact) mass is 420 g/mol. The van der Waals surface area contributed by atoms with Crippen molar-refractivity contribution in [3.8, 4) is 0 Å². The van der Waals surface area contributed by atoms with E-state index < -0.39 is 21.1 Å². The van der Waals surface area contributed by atoms with E-state index in [9.17, 15) is 18.0 Å². The van der Waals surface area contributed by atoms with Gasteiger partial charge in [-0.05, 0) is 55.6 Å². The molecule has 0 bridgehead atoms. The quantitative estimate of drug-likeness (QED) is 0.522. The number of hydrogen-bond acceptors (Lipinski definition) is 6. The molecule has 4 rings (SSSR count). The highest BCUT2D eigenvalue weighted by Crippen LogP contribution is 2.28. The van der Waals surface area contributed by atoms with Crippen LogP contribution in [0.1, 0.15) is 23.8 Å². The third-order valence-electron chi connectivity index (χ3n) is 4.92. The van der Waals surface area contributed by atoms with Gasteiger partial charge in [0.2, 0.25) is 10.0 Å². The summed E-state index contributed by atoms with van der Waals surface area (Å²) in [6.45, 7) is 2.17. The second kappa shape index (κ2) is 7.63. The Morgan fingerprint density at radius 2 is 1.79 bits per heavy atom. The number of nitrogens with one attached hydrogen (secondary N) is 3. The number of hydrogen-bond donors (Lipinski definition) is 3. The summed E-state index contributed by atoms with van der Waals surface area (Å²) < 4.78 is 28.4. The van der Waals surface area contributed by atoms with E-state index in [0.717, 1.165) is 30.8 Å². The Hall–Kier alpha value is -2.27. The number of H-pyrrole nitrogens is 2. The van der Waals surface area contributed by atoms with Gasteiger partial charge in [-0.3, -0.25) is 14.5 Å². The minimum absolute atomic E-state index is 0.00565. The van der Waals surface area contributed by atoms with Crippen LogP contribution in [0.25, 0.3) is 11.0 Å². The molecule has 8 nitrogen and oxygen atoms in total. The molecule has 0 spiro atoms. The molecule has 1 aromatic carbocycles. The Labute approximate surface area is 165 Å². The van der Waals surface area contributed by atoms with Crippen LogP contribution in [0.2, 0.25) is 0 Å². The first-order valence-electron chi connectivity index (χ1n) is 8.97. The van der Waals surface area contributed by atoms with Crippen molar-refractivity contribution in [2.24, 2.45) is 0 Å². The summed E-state index contributed by atoms with van der Waals surface area (Å²) in [5.74, 6) is 0. The van der Waals surface area contributed by atoms with E-state index in [1.54, 1.807) is 11.3 Å². The minimum Gasteiger partial charge on any atom is -0.316 e. The molecule has 1 aliphatic heterocycles. The molecule has 10 heteroatoms. The number of nitrogens with zero attached hydrogens (tertiary/aromatic N) is 1. The maximum atomic E-state index is 12.8. The van der Waals surface area contributed by atoms with Gasteiger partial charge in [0.05, 0.1) is 22.0 Å². The molecule has 1 atom stereocenters. The van der Waals surface area contributed by atoms with Crippen molar-refractivity contribution in [3.63, 3.8) is 0 Å². The van der Waals surface area contributed by atoms with Gasteiger partial charge in [0.25, 0.3) is 0 Å². The first-order valence-corrected chi connectivity index (χ1v) is 11.3. The minimum atomic E-state index is -3.78. The molecule has 28 heavy (non-hydrogen) atoms. The molecule has 1 unspecified atom stereocenters. The predicted octanol–water partition coefficient (Wildman–Crippen LogP) is 1.39. The van der Waals surface area contributed by atoms with Crippen LogP contribution in [-0.2, 0) is 10.0 Å². The van der Waals surface area contributed by atoms with Gasteiger partial charge >= 0.3 is 11.1 Å². The highest BCUT2D eigenvalue weighted by Gasteiger charge is 2.26. The van der Waals surface area contributed by atoms with Crippen molar-refractivity contribution in [2.75, 3.05) is 19.6 Å². The summed E-state index contributed by atoms with van der Waals surface area (Å²) in [4.78, 5) is 31.2. The molecule has 0 aliphatic carbocycles. The van der Waals surface area contributed by atoms with Crippen LogP contribution in [0.4, 0.5) is 0 Å². The van der Waals surface area contributed by atoms with Crippen molar-refractivity contribution in [1.82, 2.24) is 19.6 Å². The lowest BCUT2D eigenvalue weighted by Gasteiger charge is -2.26. The average Bonchev–Trinajstić information content (AvgIpc) is 3.37. The fourth-order valence-electron chi connectivity index (χ4n) is 3.48. The predicted molar refractivity (Wildman–Crippen MR) is 108 cm³/mol. The number of rotatable bonds is 6. The Morgan fingerprint density at radius 1 is 1.07 bits per heavy atom. The van der Waals surface area contributed by atoms with Gasteiger partial charge in [-0.1, -0.05) is 6.07 Å². The zero-order valence-corrected chi connectivity index (χ0v) is 16.6. The molecule has 3 N–H and O–H groups in total. The number of thiophene rings is 1. The fourth-order valence-corrected chi connectivity index (χ4v) is 5.40. The largest absolute Gasteiger partial charge is 0.316 e. The topological polar surface area (TPSA) is 115 Å². The van der Waals surface area contributed by atoms with Crippen LogP contribution in [0.5, 0.6) is 0 Å². The second-order valence-corrected chi connectivity index (χ2v) is 9.49. The van der Waals surface area contributed by atoms with Crippen molar-refractivity contribution in [2.45, 2.75) is 23.8 Å². The van der Waals surface area contributed by atoms with Crippen molar-refractivity contribution in [1.29, 1.82) is 0 Å². The second-order valence-electron chi connectivity index (χ2n) is 6.74. The normalized spacial score (nSPS) is 16.6. The zero-order chi connectivity index (χ0) is 19.7. The van der Waals surface area contributed by atoms with E-state index in [-0.39, 0.29) is 23.0 Å². The summed E-state index contributed by atoms with van der Waals surface area (Å²) in [5.41, 5.74) is -0.952. The number of aromatic nitrogens is 2. The third-order valence-corrected chi connectivity index (χ3v) is 7.32. The van der Waals surface area contributed by atoms with Crippen LogP contribution in [0.15, 0.2) is 50.2 Å². The Morgan fingerprint density at radius 3 is 2.46 bits per heavy atom. The number of likely N-dealkylation sites (tertiary alicyclic amines) is 1. The maximum absolute atomic E-state index is 12.8. The Bertz CT molecular complexity index is 1190. The molecular formula is C18H20N4O4S2. The lowest BCUT2D eigenvalue weighted by molar-refractivity contribution is 0.250. The van der Waals surface area contributed by atoms with Crippen molar-refractivity contribution in [3.05, 3.63) is 61.3 Å². The van der Waals surface area contributed by atoms with Gasteiger partial charge in [-0.25, -0.2) is 13.1 Å². The van der Waals surface area contributed by atoms with Crippen LogP contribution in [-0.4, -0.2) is 42.9 Å². The molecule has 3 heterocycles. The average molecular weight is 421 g/mol. The van der Waals surface area contributed by atoms with E-state index in [1.807, 2.05) is 17.5 Å². The van der Waals surface area contributed by atoms with E-state index in [2.05, 4.69) is 19.6 Å². The molecule has 1 fully saturated rings. The van der Waals surface area contributed by atoms with Gasteiger partial charge < -0.3 is 9.97 Å². The van der Waals surface area contributed by atoms with Gasteiger partial charge in [0.15, 0.2) is 0 Å². The lowest BCUT2D eigenvalue weighted by Crippen LogP contribution is -2.36. The molecule has 0 saturated carbocycles. The van der Waals surface area contributed by atoms with Gasteiger partial charge in [0.1, 0.15) is 0 Å². The molecule has 148 valence electrons. The van der Waals surface area contributed by atoms with E-state index in [4.69, 9.17) is 0 Å². The molecule has 1 aliphatic rings. The van der Waals surface area contributed by atoms with E-state index in [1.165, 1.54) is 18.2 Å². The highest BCUT2D eigenvalue weighted by atomic mass is 32.2. The van der Waals surface area contributed by atoms with Crippen molar-refractivity contribution >= 4 is 32.4 Å². The fraction of sp³-hybridized carbons (Fsp3) is 0.333. The summed E-state index contributed by atoms with van der Waals surface area (Å²) in [5, 5.41) is 1.99. The number of fused-ring (bicyclic) bond motifs is 1. The summed E-state index contributed by atoms with van der Waals surface area (Å²) >= 11 is 1.62. The zero-order valence-electron chi connectivity index (χ0n) is 15.0. The van der Waals surface area contributed by atoms with Crippen LogP contribution < -0.4 is 15.8 Å². The van der Waals surface area contributed by atoms with E-state index >= 15 is 0 Å². The van der Waals surface area contributed by atoms with Crippen molar-refractivity contribution < 1.29 is 8.42 Å². The Kier molecular flexibility index (Phi) is 5.19. The molecule has 1 saturated heterocycles. The third kappa shape index (κ3) is 3.81. The lowest BCUT2D eigenvalue weighted by atomic mass is 10.2. The molecule has 0 amide bonds. The standard InChI is InChI=1S/C18H20N4O4S2/c23-17-18(24)21-14-10-12(5-6-13(14)20-17)28(25,26)19-11-15(16-4-3-9-27-16)22-7-1-2-8-22/h3-6,9-10,15,19H,1-2,7-8,11H2,(H,20,23)(H,21,24). The number of aromatic amines is 2. The molecular weight excluding hydrogens is 400 g/mol. The molecule has 2 aromatic heterocycles. The van der Waals surface area contributed by atoms with Gasteiger partial charge in [-0.2, -0.15) is 0 Å². The maximum Gasteiger partial charge on any atom is 0.314 e. The molecule has 0 radical (unpaired) electrons. The van der Waals surface area contributed by atoms with Gasteiger partial charge in [-0.15, -0.1) is 11.3 Å². The number of benzene rings is 1. The summed E-state index contributed by atoms with van der Waals surface area (Å²) in [7, 11) is -3.78.